The molecule has 2 aromatic rings. The molecule has 2 nitrogen and oxygen atoms in total. The lowest BCUT2D eigenvalue weighted by atomic mass is 10.1. The molecule has 4 heteroatoms. The zero-order valence-electron chi connectivity index (χ0n) is 12.0. The van der Waals surface area contributed by atoms with E-state index in [4.69, 9.17) is 4.74 Å². The summed E-state index contributed by atoms with van der Waals surface area (Å²) >= 11 is 7.09. The van der Waals surface area contributed by atoms with Crippen molar-refractivity contribution in [1.82, 2.24) is 5.32 Å². The lowest BCUT2D eigenvalue weighted by molar-refractivity contribution is 0.333. The number of nitrogens with one attached hydrogen (secondary N) is 1. The van der Waals surface area contributed by atoms with Gasteiger partial charge in [-0.3, -0.25) is 0 Å². The Morgan fingerprint density at radius 2 is 1.86 bits per heavy atom. The molecule has 0 fully saturated rings. The van der Waals surface area contributed by atoms with Crippen molar-refractivity contribution in [3.8, 4) is 5.75 Å². The zero-order valence-corrected chi connectivity index (χ0v) is 15.2. The van der Waals surface area contributed by atoms with Crippen LogP contribution in [-0.2, 0) is 13.0 Å². The van der Waals surface area contributed by atoms with Crippen LogP contribution in [0.15, 0.2) is 51.4 Å². The van der Waals surface area contributed by atoms with Crippen LogP contribution >= 0.6 is 31.9 Å². The minimum atomic E-state index is 0.664. The summed E-state index contributed by atoms with van der Waals surface area (Å²) in [5.74, 6) is 0.924. The third-order valence-electron chi connectivity index (χ3n) is 3.12. The lowest BCUT2D eigenvalue weighted by Gasteiger charge is -2.14. The summed E-state index contributed by atoms with van der Waals surface area (Å²) in [6, 6.07) is 14.6. The molecule has 0 unspecified atom stereocenters. The first kappa shape index (κ1) is 16.5. The first-order chi connectivity index (χ1) is 10.2. The Morgan fingerprint density at radius 3 is 2.57 bits per heavy atom. The summed E-state index contributed by atoms with van der Waals surface area (Å²) in [5, 5.41) is 3.48. The van der Waals surface area contributed by atoms with E-state index in [2.05, 4.69) is 67.5 Å². The predicted octanol–water partition coefficient (Wildman–Crippen LogP) is 4.94. The number of hydrogen-bond acceptors (Lipinski definition) is 2. The van der Waals surface area contributed by atoms with Crippen LogP contribution in [0.1, 0.15) is 18.1 Å². The van der Waals surface area contributed by atoms with E-state index in [1.54, 1.807) is 0 Å². The molecule has 0 atom stereocenters. The zero-order chi connectivity index (χ0) is 15.1. The topological polar surface area (TPSA) is 21.3 Å². The number of rotatable bonds is 7. The molecule has 0 bridgehead atoms. The number of ether oxygens (including phenoxy) is 1. The highest BCUT2D eigenvalue weighted by Crippen LogP contribution is 2.32. The smallest absolute Gasteiger partial charge is 0.138 e. The Balaban J connectivity index is 1.93. The molecule has 0 saturated carbocycles. The summed E-state index contributed by atoms with van der Waals surface area (Å²) in [6.45, 7) is 4.40. The van der Waals surface area contributed by atoms with Gasteiger partial charge in [0, 0.05) is 16.6 Å². The van der Waals surface area contributed by atoms with Crippen LogP contribution in [0.25, 0.3) is 0 Å². The fourth-order valence-corrected chi connectivity index (χ4v) is 3.58. The Labute approximate surface area is 143 Å². The number of halogens is 2. The van der Waals surface area contributed by atoms with Gasteiger partial charge in [0.25, 0.3) is 0 Å². The van der Waals surface area contributed by atoms with Crippen molar-refractivity contribution in [2.24, 2.45) is 0 Å². The molecule has 0 heterocycles. The van der Waals surface area contributed by atoms with Crippen molar-refractivity contribution in [1.29, 1.82) is 0 Å². The SMILES string of the molecule is CCOc1c(Br)cc(Br)cc1CNCCc1ccccc1. The van der Waals surface area contributed by atoms with E-state index in [9.17, 15) is 0 Å². The van der Waals surface area contributed by atoms with Crippen molar-refractivity contribution in [3.63, 3.8) is 0 Å². The summed E-state index contributed by atoms with van der Waals surface area (Å²) < 4.78 is 7.77. The minimum Gasteiger partial charge on any atom is -0.492 e. The second kappa shape index (κ2) is 8.57. The monoisotopic (exact) mass is 411 g/mol. The van der Waals surface area contributed by atoms with Crippen LogP contribution in [0, 0.1) is 0 Å². The normalized spacial score (nSPS) is 10.6. The Kier molecular flexibility index (Phi) is 6.74. The molecule has 1 N–H and O–H groups in total. The highest BCUT2D eigenvalue weighted by molar-refractivity contribution is 9.11. The van der Waals surface area contributed by atoms with Crippen molar-refractivity contribution in [2.75, 3.05) is 13.2 Å². The van der Waals surface area contributed by atoms with Gasteiger partial charge in [-0.05, 0) is 53.5 Å². The summed E-state index contributed by atoms with van der Waals surface area (Å²) in [5.41, 5.74) is 2.51. The fraction of sp³-hybridized carbons (Fsp3) is 0.294. The molecule has 0 amide bonds. The first-order valence-electron chi connectivity index (χ1n) is 7.06. The van der Waals surface area contributed by atoms with Gasteiger partial charge >= 0.3 is 0 Å². The molecule has 0 aromatic heterocycles. The molecule has 2 aromatic carbocycles. The maximum absolute atomic E-state index is 5.73. The highest BCUT2D eigenvalue weighted by Gasteiger charge is 2.09. The van der Waals surface area contributed by atoms with E-state index in [0.29, 0.717) is 6.61 Å². The van der Waals surface area contributed by atoms with Crippen LogP contribution in [0.5, 0.6) is 5.75 Å². The second-order valence-corrected chi connectivity index (χ2v) is 6.49. The first-order valence-corrected chi connectivity index (χ1v) is 8.64. The molecule has 0 saturated heterocycles. The van der Waals surface area contributed by atoms with Gasteiger partial charge in [0.2, 0.25) is 0 Å². The quantitative estimate of drug-likeness (QED) is 0.650. The average molecular weight is 413 g/mol. The Hall–Kier alpha value is -0.840. The largest absolute Gasteiger partial charge is 0.492 e. The molecule has 0 aliphatic carbocycles. The van der Waals surface area contributed by atoms with Crippen LogP contribution in [0.3, 0.4) is 0 Å². The van der Waals surface area contributed by atoms with E-state index in [1.807, 2.05) is 19.1 Å². The standard InChI is InChI=1S/C17H19Br2NO/c1-2-21-17-14(10-15(18)11-16(17)19)12-20-9-8-13-6-4-3-5-7-13/h3-7,10-11,20H,2,8-9,12H2,1H3. The van der Waals surface area contributed by atoms with Gasteiger partial charge in [-0.25, -0.2) is 0 Å². The van der Waals surface area contributed by atoms with Crippen LogP contribution in [0.4, 0.5) is 0 Å². The molecule has 2 rings (SSSR count). The summed E-state index contributed by atoms with van der Waals surface area (Å²) in [7, 11) is 0. The van der Waals surface area contributed by atoms with Gasteiger partial charge in [0.1, 0.15) is 5.75 Å². The van der Waals surface area contributed by atoms with E-state index in [0.717, 1.165) is 39.8 Å². The fourth-order valence-electron chi connectivity index (χ4n) is 2.15. The van der Waals surface area contributed by atoms with E-state index in [1.165, 1.54) is 5.56 Å². The van der Waals surface area contributed by atoms with Crippen molar-refractivity contribution in [3.05, 3.63) is 62.5 Å². The van der Waals surface area contributed by atoms with Gasteiger partial charge in [0.15, 0.2) is 0 Å². The van der Waals surface area contributed by atoms with Gasteiger partial charge in [-0.1, -0.05) is 46.3 Å². The van der Waals surface area contributed by atoms with Crippen molar-refractivity contribution in [2.45, 2.75) is 19.9 Å². The molecule has 0 aliphatic rings. The third-order valence-corrected chi connectivity index (χ3v) is 4.17. The van der Waals surface area contributed by atoms with Gasteiger partial charge in [-0.15, -0.1) is 0 Å². The third kappa shape index (κ3) is 5.13. The molecular formula is C17H19Br2NO. The summed E-state index contributed by atoms with van der Waals surface area (Å²) in [6.07, 6.45) is 1.03. The second-order valence-electron chi connectivity index (χ2n) is 4.72. The Morgan fingerprint density at radius 1 is 1.10 bits per heavy atom. The predicted molar refractivity (Wildman–Crippen MR) is 94.9 cm³/mol. The number of hydrogen-bond donors (Lipinski definition) is 1. The molecule has 0 aliphatic heterocycles. The minimum absolute atomic E-state index is 0.664. The molecule has 112 valence electrons. The lowest BCUT2D eigenvalue weighted by Crippen LogP contribution is -2.17. The van der Waals surface area contributed by atoms with E-state index < -0.39 is 0 Å². The Bertz CT molecular complexity index is 573. The average Bonchev–Trinajstić information content (AvgIpc) is 2.48. The van der Waals surface area contributed by atoms with Gasteiger partial charge < -0.3 is 10.1 Å². The number of benzene rings is 2. The molecule has 0 spiro atoms. The van der Waals surface area contributed by atoms with Crippen LogP contribution in [-0.4, -0.2) is 13.2 Å². The van der Waals surface area contributed by atoms with E-state index in [-0.39, 0.29) is 0 Å². The van der Waals surface area contributed by atoms with Gasteiger partial charge in [0.05, 0.1) is 11.1 Å². The highest BCUT2D eigenvalue weighted by atomic mass is 79.9. The molecule has 21 heavy (non-hydrogen) atoms. The van der Waals surface area contributed by atoms with Crippen LogP contribution in [0.2, 0.25) is 0 Å². The molecular weight excluding hydrogens is 394 g/mol. The van der Waals surface area contributed by atoms with Crippen molar-refractivity contribution >= 4 is 31.9 Å². The maximum atomic E-state index is 5.73. The van der Waals surface area contributed by atoms with Crippen molar-refractivity contribution < 1.29 is 4.74 Å². The maximum Gasteiger partial charge on any atom is 0.138 e. The molecule has 0 radical (unpaired) electrons. The summed E-state index contributed by atoms with van der Waals surface area (Å²) in [4.78, 5) is 0. The van der Waals surface area contributed by atoms with Crippen LogP contribution < -0.4 is 10.1 Å². The van der Waals surface area contributed by atoms with E-state index >= 15 is 0 Å². The van der Waals surface area contributed by atoms with Gasteiger partial charge in [-0.2, -0.15) is 0 Å².